The van der Waals surface area contributed by atoms with E-state index in [9.17, 15) is 20.0 Å². The first-order valence-electron chi connectivity index (χ1n) is 16.5. The second kappa shape index (κ2) is 16.2. The minimum Gasteiger partial charge on any atom is -0.508 e. The van der Waals surface area contributed by atoms with Crippen LogP contribution in [0.1, 0.15) is 39.9 Å². The Balaban J connectivity index is 1.28. The summed E-state index contributed by atoms with van der Waals surface area (Å²) in [6, 6.07) is 33.3. The normalized spacial score (nSPS) is 11.9. The molecule has 2 aromatic heterocycles. The number of nitrogens with zero attached hydrogens (tertiary/aromatic N) is 4. The van der Waals surface area contributed by atoms with Gasteiger partial charge in [-0.25, -0.2) is 0 Å². The fourth-order valence-corrected chi connectivity index (χ4v) is 5.89. The molecule has 0 aliphatic carbocycles. The number of hydrogen-bond acceptors (Lipinski definition) is 7. The third-order valence-corrected chi connectivity index (χ3v) is 8.56. The predicted molar refractivity (Wildman–Crippen MR) is 194 cm³/mol. The summed E-state index contributed by atoms with van der Waals surface area (Å²) in [6.07, 6.45) is 5.10. The molecule has 0 aliphatic rings. The molecule has 0 radical (unpaired) electrons. The van der Waals surface area contributed by atoms with Crippen LogP contribution >= 0.6 is 0 Å². The minimum absolute atomic E-state index is 0.0668. The van der Waals surface area contributed by atoms with E-state index in [0.29, 0.717) is 30.8 Å². The zero-order valence-corrected chi connectivity index (χ0v) is 28.0. The fourth-order valence-electron chi connectivity index (χ4n) is 5.89. The SMILES string of the molecule is COc1ccc(Cn2c(CCc3ccccc3)nnc2[C@@H](Cc2c[nH]c3ccccc23)NC(=O)CNC(=O)/C(C#N)=C/c2ccc(O)cc2)cc1. The number of ether oxygens (including phenoxy) is 1. The van der Waals surface area contributed by atoms with Gasteiger partial charge in [-0.1, -0.05) is 72.8 Å². The van der Waals surface area contributed by atoms with E-state index in [2.05, 4.69) is 42.5 Å². The van der Waals surface area contributed by atoms with Crippen LogP contribution < -0.4 is 15.4 Å². The highest BCUT2D eigenvalue weighted by molar-refractivity contribution is 6.03. The number of rotatable bonds is 14. The van der Waals surface area contributed by atoms with Crippen molar-refractivity contribution in [3.05, 3.63) is 149 Å². The summed E-state index contributed by atoms with van der Waals surface area (Å²) in [7, 11) is 1.63. The quantitative estimate of drug-likeness (QED) is 0.0883. The van der Waals surface area contributed by atoms with Crippen molar-refractivity contribution in [1.29, 1.82) is 5.26 Å². The molecular formula is C40H37N7O4. The van der Waals surface area contributed by atoms with Gasteiger partial charge in [0.15, 0.2) is 5.82 Å². The van der Waals surface area contributed by atoms with Gasteiger partial charge in [-0.3, -0.25) is 9.59 Å². The van der Waals surface area contributed by atoms with Gasteiger partial charge in [-0.05, 0) is 65.1 Å². The van der Waals surface area contributed by atoms with Crippen molar-refractivity contribution < 1.29 is 19.4 Å². The number of H-pyrrole nitrogens is 1. The summed E-state index contributed by atoms with van der Waals surface area (Å²) in [4.78, 5) is 29.8. The fraction of sp³-hybridized carbons (Fsp3) is 0.175. The number of para-hydroxylation sites is 1. The van der Waals surface area contributed by atoms with Crippen molar-refractivity contribution in [3.8, 4) is 17.6 Å². The van der Waals surface area contributed by atoms with Gasteiger partial charge in [0.2, 0.25) is 5.91 Å². The first-order chi connectivity index (χ1) is 24.9. The molecule has 0 unspecified atom stereocenters. The number of amides is 2. The van der Waals surface area contributed by atoms with Gasteiger partial charge in [0.1, 0.15) is 29.0 Å². The zero-order chi connectivity index (χ0) is 35.6. The second-order valence-corrected chi connectivity index (χ2v) is 12.0. The van der Waals surface area contributed by atoms with Gasteiger partial charge in [0.25, 0.3) is 5.91 Å². The molecule has 6 aromatic rings. The molecule has 6 rings (SSSR count). The predicted octanol–water partition coefficient (Wildman–Crippen LogP) is 5.43. The van der Waals surface area contributed by atoms with Gasteiger partial charge in [-0.2, -0.15) is 5.26 Å². The van der Waals surface area contributed by atoms with Gasteiger partial charge in [-0.15, -0.1) is 10.2 Å². The van der Waals surface area contributed by atoms with E-state index < -0.39 is 17.9 Å². The number of benzene rings is 4. The highest BCUT2D eigenvalue weighted by Crippen LogP contribution is 2.26. The van der Waals surface area contributed by atoms with Crippen LogP contribution in [-0.4, -0.2) is 50.3 Å². The summed E-state index contributed by atoms with van der Waals surface area (Å²) < 4.78 is 7.42. The summed E-state index contributed by atoms with van der Waals surface area (Å²) in [5, 5.41) is 35.2. The first-order valence-corrected chi connectivity index (χ1v) is 16.5. The molecule has 0 bridgehead atoms. The molecule has 4 N–H and O–H groups in total. The molecule has 0 saturated heterocycles. The minimum atomic E-state index is -0.695. The van der Waals surface area contributed by atoms with Crippen LogP contribution in [0.2, 0.25) is 0 Å². The van der Waals surface area contributed by atoms with Crippen LogP contribution in [0.3, 0.4) is 0 Å². The largest absolute Gasteiger partial charge is 0.508 e. The van der Waals surface area contributed by atoms with E-state index >= 15 is 0 Å². The number of hydrogen-bond donors (Lipinski definition) is 4. The number of nitriles is 1. The Morgan fingerprint density at radius 1 is 0.941 bits per heavy atom. The van der Waals surface area contributed by atoms with Gasteiger partial charge < -0.3 is 30.0 Å². The first kappa shape index (κ1) is 34.2. The van der Waals surface area contributed by atoms with Crippen LogP contribution in [0, 0.1) is 11.3 Å². The molecule has 11 heteroatoms. The van der Waals surface area contributed by atoms with Crippen molar-refractivity contribution in [1.82, 2.24) is 30.4 Å². The molecule has 0 fully saturated rings. The van der Waals surface area contributed by atoms with Gasteiger partial charge in [0.05, 0.1) is 26.2 Å². The molecule has 0 spiro atoms. The Labute approximate surface area is 295 Å². The number of aromatic nitrogens is 4. The summed E-state index contributed by atoms with van der Waals surface area (Å²) in [5.41, 5.74) is 4.51. The zero-order valence-electron chi connectivity index (χ0n) is 28.0. The summed E-state index contributed by atoms with van der Waals surface area (Å²) >= 11 is 0. The number of aromatic hydroxyl groups is 1. The molecule has 2 amide bonds. The number of nitrogens with one attached hydrogen (secondary N) is 3. The number of methoxy groups -OCH3 is 1. The standard InChI is InChI=1S/C40H37N7O4/c1-51-33-18-13-29(14-19-33)26-47-37(20-15-27-7-3-2-4-8-27)45-46-39(47)36(22-31-24-42-35-10-6-5-9-34(31)35)44-38(49)25-43-40(50)30(23-41)21-28-11-16-32(48)17-12-28/h2-14,16-19,21,24,36,42,48H,15,20,22,25-26H2,1H3,(H,43,50)(H,44,49)/b30-21+/t36-/m1/s1. The number of carbonyl (C=O) groups is 2. The maximum atomic E-state index is 13.6. The summed E-state index contributed by atoms with van der Waals surface area (Å²) in [5.74, 6) is 1.01. The lowest BCUT2D eigenvalue weighted by Crippen LogP contribution is -2.40. The number of fused-ring (bicyclic) bond motifs is 1. The average molecular weight is 680 g/mol. The lowest BCUT2D eigenvalue weighted by molar-refractivity contribution is -0.124. The number of phenols is 1. The smallest absolute Gasteiger partial charge is 0.262 e. The third kappa shape index (κ3) is 8.68. The van der Waals surface area contributed by atoms with Crippen LogP contribution in [0.5, 0.6) is 11.5 Å². The molecule has 0 saturated carbocycles. The van der Waals surface area contributed by atoms with E-state index in [-0.39, 0.29) is 17.9 Å². The molecule has 1 atom stereocenters. The Bertz CT molecular complexity index is 2180. The van der Waals surface area contributed by atoms with Crippen LogP contribution in [0.25, 0.3) is 17.0 Å². The van der Waals surface area contributed by atoms with Gasteiger partial charge in [0, 0.05) is 29.9 Å². The topological polar surface area (TPSA) is 158 Å². The maximum absolute atomic E-state index is 13.6. The maximum Gasteiger partial charge on any atom is 0.262 e. The monoisotopic (exact) mass is 679 g/mol. The summed E-state index contributed by atoms with van der Waals surface area (Å²) in [6.45, 7) is 0.0896. The highest BCUT2D eigenvalue weighted by Gasteiger charge is 2.25. The molecule has 256 valence electrons. The number of aromatic amines is 1. The lowest BCUT2D eigenvalue weighted by atomic mass is 10.0. The van der Waals surface area contributed by atoms with E-state index in [1.807, 2.05) is 79.0 Å². The average Bonchev–Trinajstić information content (AvgIpc) is 3.76. The van der Waals surface area contributed by atoms with Crippen LogP contribution in [0.4, 0.5) is 0 Å². The Morgan fingerprint density at radius 2 is 1.69 bits per heavy atom. The van der Waals surface area contributed by atoms with Crippen molar-refractivity contribution in [2.24, 2.45) is 0 Å². The Kier molecular flexibility index (Phi) is 10.8. The molecule has 51 heavy (non-hydrogen) atoms. The highest BCUT2D eigenvalue weighted by atomic mass is 16.5. The van der Waals surface area contributed by atoms with Crippen molar-refractivity contribution in [2.75, 3.05) is 13.7 Å². The van der Waals surface area contributed by atoms with Gasteiger partial charge >= 0.3 is 0 Å². The third-order valence-electron chi connectivity index (χ3n) is 8.56. The molecular weight excluding hydrogens is 642 g/mol. The van der Waals surface area contributed by atoms with E-state index in [0.717, 1.165) is 40.0 Å². The van der Waals surface area contributed by atoms with Crippen molar-refractivity contribution in [3.63, 3.8) is 0 Å². The Morgan fingerprint density at radius 3 is 2.43 bits per heavy atom. The molecule has 0 aliphatic heterocycles. The van der Waals surface area contributed by atoms with Crippen LogP contribution in [0.15, 0.2) is 115 Å². The van der Waals surface area contributed by atoms with E-state index in [4.69, 9.17) is 4.74 Å². The Hall–Kier alpha value is -6.67. The van der Waals surface area contributed by atoms with E-state index in [1.54, 1.807) is 19.2 Å². The number of aryl methyl sites for hydroxylation is 2. The van der Waals surface area contributed by atoms with Crippen LogP contribution in [-0.2, 0) is 35.4 Å². The van der Waals surface area contributed by atoms with E-state index in [1.165, 1.54) is 23.8 Å². The van der Waals surface area contributed by atoms with Crippen molar-refractivity contribution >= 4 is 28.8 Å². The molecule has 2 heterocycles. The lowest BCUT2D eigenvalue weighted by Gasteiger charge is -2.20. The number of carbonyl (C=O) groups excluding carboxylic acids is 2. The number of phenolic OH excluding ortho intramolecular Hbond substituents is 1. The van der Waals surface area contributed by atoms with Crippen molar-refractivity contribution in [2.45, 2.75) is 31.8 Å². The molecule has 4 aromatic carbocycles. The molecule has 11 nitrogen and oxygen atoms in total. The second-order valence-electron chi connectivity index (χ2n) is 12.0.